The molecular weight excluding hydrogens is 258 g/mol. The molecule has 2 rings (SSSR count). The molecule has 21 heavy (non-hydrogen) atoms. The zero-order chi connectivity index (χ0) is 14.9. The van der Waals surface area contributed by atoms with Crippen LogP contribution in [0.15, 0.2) is 24.4 Å². The normalized spacial score (nSPS) is 17.9. The summed E-state index contributed by atoms with van der Waals surface area (Å²) in [6.07, 6.45) is 11.1. The van der Waals surface area contributed by atoms with E-state index in [2.05, 4.69) is 41.2 Å². The second-order valence-corrected chi connectivity index (χ2v) is 6.37. The van der Waals surface area contributed by atoms with Crippen LogP contribution in [0.25, 0.3) is 0 Å². The highest BCUT2D eigenvalue weighted by atomic mass is 15.2. The maximum Gasteiger partial charge on any atom is 0.128 e. The van der Waals surface area contributed by atoms with E-state index >= 15 is 0 Å². The van der Waals surface area contributed by atoms with E-state index in [0.29, 0.717) is 12.1 Å². The second-order valence-electron chi connectivity index (χ2n) is 6.37. The quantitative estimate of drug-likeness (QED) is 0.733. The lowest BCUT2D eigenvalue weighted by Crippen LogP contribution is -2.45. The van der Waals surface area contributed by atoms with E-state index in [1.807, 2.05) is 12.3 Å². The molecule has 1 saturated heterocycles. The molecule has 2 heterocycles. The molecule has 1 N–H and O–H groups in total. The SMILES string of the molecule is CCCCCCC(C)NC1CCN(c2ccccn2)CC1. The molecule has 118 valence electrons. The molecule has 3 heteroatoms. The number of rotatable bonds is 8. The van der Waals surface area contributed by atoms with Gasteiger partial charge in [0.1, 0.15) is 5.82 Å². The summed E-state index contributed by atoms with van der Waals surface area (Å²) in [7, 11) is 0. The Morgan fingerprint density at radius 2 is 2.05 bits per heavy atom. The molecule has 3 nitrogen and oxygen atoms in total. The van der Waals surface area contributed by atoms with Gasteiger partial charge in [-0.05, 0) is 38.3 Å². The Balaban J connectivity index is 1.65. The third-order valence-electron chi connectivity index (χ3n) is 4.48. The third-order valence-corrected chi connectivity index (χ3v) is 4.48. The molecule has 0 radical (unpaired) electrons. The average molecular weight is 289 g/mol. The number of nitrogens with zero attached hydrogens (tertiary/aromatic N) is 2. The van der Waals surface area contributed by atoms with E-state index < -0.39 is 0 Å². The first kappa shape index (κ1) is 16.3. The Labute approximate surface area is 130 Å². The van der Waals surface area contributed by atoms with E-state index in [1.165, 1.54) is 44.9 Å². The Hall–Kier alpha value is -1.09. The second kappa shape index (κ2) is 9.04. The van der Waals surface area contributed by atoms with Gasteiger partial charge in [0.2, 0.25) is 0 Å². The number of anilines is 1. The van der Waals surface area contributed by atoms with Crippen molar-refractivity contribution in [2.24, 2.45) is 0 Å². The fraction of sp³-hybridized carbons (Fsp3) is 0.722. The molecule has 1 aromatic rings. The van der Waals surface area contributed by atoms with E-state index in [1.54, 1.807) is 0 Å². The minimum absolute atomic E-state index is 0.660. The molecule has 0 aromatic carbocycles. The van der Waals surface area contributed by atoms with Crippen LogP contribution in [0.4, 0.5) is 5.82 Å². The summed E-state index contributed by atoms with van der Waals surface area (Å²) in [6, 6.07) is 7.52. The Morgan fingerprint density at radius 3 is 2.71 bits per heavy atom. The summed E-state index contributed by atoms with van der Waals surface area (Å²) in [5.74, 6) is 1.13. The maximum atomic E-state index is 4.45. The first-order valence-corrected chi connectivity index (χ1v) is 8.71. The van der Waals surface area contributed by atoms with E-state index in [-0.39, 0.29) is 0 Å². The zero-order valence-corrected chi connectivity index (χ0v) is 13.7. The predicted octanol–water partition coefficient (Wildman–Crippen LogP) is 4.00. The molecule has 1 aromatic heterocycles. The Kier molecular flexibility index (Phi) is 7.01. The number of hydrogen-bond acceptors (Lipinski definition) is 3. The van der Waals surface area contributed by atoms with Crippen LogP contribution < -0.4 is 10.2 Å². The highest BCUT2D eigenvalue weighted by molar-refractivity contribution is 5.38. The van der Waals surface area contributed by atoms with Crippen molar-refractivity contribution < 1.29 is 0 Å². The molecule has 1 unspecified atom stereocenters. The van der Waals surface area contributed by atoms with Gasteiger partial charge in [-0.2, -0.15) is 0 Å². The van der Waals surface area contributed by atoms with Crippen molar-refractivity contribution in [3.05, 3.63) is 24.4 Å². The van der Waals surface area contributed by atoms with Gasteiger partial charge in [-0.25, -0.2) is 4.98 Å². The molecular formula is C18H31N3. The summed E-state index contributed by atoms with van der Waals surface area (Å²) in [5.41, 5.74) is 0. The van der Waals surface area contributed by atoms with Gasteiger partial charge in [-0.15, -0.1) is 0 Å². The van der Waals surface area contributed by atoms with E-state index in [0.717, 1.165) is 18.9 Å². The highest BCUT2D eigenvalue weighted by Crippen LogP contribution is 2.18. The molecule has 1 aliphatic rings. The van der Waals surface area contributed by atoms with Crippen molar-refractivity contribution in [3.63, 3.8) is 0 Å². The fourth-order valence-corrected chi connectivity index (χ4v) is 3.18. The maximum absolute atomic E-state index is 4.45. The fourth-order valence-electron chi connectivity index (χ4n) is 3.18. The van der Waals surface area contributed by atoms with Crippen molar-refractivity contribution >= 4 is 5.82 Å². The van der Waals surface area contributed by atoms with Crippen LogP contribution in [-0.4, -0.2) is 30.2 Å². The predicted molar refractivity (Wildman–Crippen MR) is 90.8 cm³/mol. The number of hydrogen-bond donors (Lipinski definition) is 1. The summed E-state index contributed by atoms with van der Waals surface area (Å²) in [5, 5.41) is 3.82. The van der Waals surface area contributed by atoms with Gasteiger partial charge in [0.05, 0.1) is 0 Å². The number of unbranched alkanes of at least 4 members (excludes halogenated alkanes) is 3. The molecule has 1 aliphatic heterocycles. The van der Waals surface area contributed by atoms with Gasteiger partial charge in [-0.1, -0.05) is 38.7 Å². The lowest BCUT2D eigenvalue weighted by molar-refractivity contribution is 0.360. The van der Waals surface area contributed by atoms with Gasteiger partial charge in [0, 0.05) is 31.4 Å². The smallest absolute Gasteiger partial charge is 0.128 e. The lowest BCUT2D eigenvalue weighted by atomic mass is 10.0. The van der Waals surface area contributed by atoms with Crippen LogP contribution >= 0.6 is 0 Å². The van der Waals surface area contributed by atoms with E-state index in [9.17, 15) is 0 Å². The van der Waals surface area contributed by atoms with Gasteiger partial charge < -0.3 is 10.2 Å². The summed E-state index contributed by atoms with van der Waals surface area (Å²) in [6.45, 7) is 6.86. The van der Waals surface area contributed by atoms with Gasteiger partial charge in [-0.3, -0.25) is 0 Å². The topological polar surface area (TPSA) is 28.2 Å². The summed E-state index contributed by atoms with van der Waals surface area (Å²) < 4.78 is 0. The summed E-state index contributed by atoms with van der Waals surface area (Å²) in [4.78, 5) is 6.86. The van der Waals surface area contributed by atoms with Gasteiger partial charge in [0.25, 0.3) is 0 Å². The molecule has 1 atom stereocenters. The van der Waals surface area contributed by atoms with Crippen LogP contribution in [0, 0.1) is 0 Å². The number of piperidine rings is 1. The van der Waals surface area contributed by atoms with Crippen LogP contribution in [0.1, 0.15) is 58.8 Å². The van der Waals surface area contributed by atoms with Crippen molar-refractivity contribution in [2.75, 3.05) is 18.0 Å². The largest absolute Gasteiger partial charge is 0.357 e. The number of aromatic nitrogens is 1. The molecule has 0 spiro atoms. The van der Waals surface area contributed by atoms with Crippen molar-refractivity contribution in [1.29, 1.82) is 0 Å². The average Bonchev–Trinajstić information content (AvgIpc) is 2.53. The highest BCUT2D eigenvalue weighted by Gasteiger charge is 2.20. The molecule has 0 amide bonds. The van der Waals surface area contributed by atoms with Crippen LogP contribution in [-0.2, 0) is 0 Å². The van der Waals surface area contributed by atoms with Crippen LogP contribution in [0.5, 0.6) is 0 Å². The first-order chi connectivity index (χ1) is 10.3. The van der Waals surface area contributed by atoms with Crippen LogP contribution in [0.2, 0.25) is 0 Å². The molecule has 0 aliphatic carbocycles. The minimum Gasteiger partial charge on any atom is -0.357 e. The Morgan fingerprint density at radius 1 is 1.24 bits per heavy atom. The standard InChI is InChI=1S/C18H31N3/c1-3-4-5-6-9-16(2)20-17-11-14-21(15-12-17)18-10-7-8-13-19-18/h7-8,10,13,16-17,20H,3-6,9,11-12,14-15H2,1-2H3. The van der Waals surface area contributed by atoms with Gasteiger partial charge in [0.15, 0.2) is 0 Å². The molecule has 0 bridgehead atoms. The van der Waals surface area contributed by atoms with Crippen molar-refractivity contribution in [1.82, 2.24) is 10.3 Å². The number of pyridine rings is 1. The molecule has 0 saturated carbocycles. The first-order valence-electron chi connectivity index (χ1n) is 8.71. The minimum atomic E-state index is 0.660. The van der Waals surface area contributed by atoms with Crippen LogP contribution in [0.3, 0.4) is 0 Å². The van der Waals surface area contributed by atoms with Crippen molar-refractivity contribution in [3.8, 4) is 0 Å². The van der Waals surface area contributed by atoms with Gasteiger partial charge >= 0.3 is 0 Å². The molecule has 1 fully saturated rings. The Bertz CT molecular complexity index is 371. The third kappa shape index (κ3) is 5.66. The zero-order valence-electron chi connectivity index (χ0n) is 13.7. The number of nitrogens with one attached hydrogen (secondary N) is 1. The monoisotopic (exact) mass is 289 g/mol. The van der Waals surface area contributed by atoms with E-state index in [4.69, 9.17) is 0 Å². The van der Waals surface area contributed by atoms with Crippen molar-refractivity contribution in [2.45, 2.75) is 70.9 Å². The summed E-state index contributed by atoms with van der Waals surface area (Å²) >= 11 is 0. The lowest BCUT2D eigenvalue weighted by Gasteiger charge is -2.34.